The van der Waals surface area contributed by atoms with E-state index in [-0.39, 0.29) is 5.96 Å². The van der Waals surface area contributed by atoms with Crippen LogP contribution in [-0.4, -0.2) is 23.1 Å². The van der Waals surface area contributed by atoms with Gasteiger partial charge in [-0.15, -0.1) is 17.2 Å². The largest absolute Gasteiger partial charge is 0.366 e. The van der Waals surface area contributed by atoms with Gasteiger partial charge < -0.3 is 5.73 Å². The van der Waals surface area contributed by atoms with E-state index in [2.05, 4.69) is 5.43 Å². The van der Waals surface area contributed by atoms with Gasteiger partial charge in [0.2, 0.25) is 11.6 Å². The number of nitrogens with one attached hydrogen (secondary N) is 2. The lowest BCUT2D eigenvalue weighted by atomic mass is 10.3. The molecule has 1 rings (SSSR count). The monoisotopic (exact) mass is 271 g/mol. The van der Waals surface area contributed by atoms with Crippen molar-refractivity contribution in [3.05, 3.63) is 23.2 Å². The van der Waals surface area contributed by atoms with Crippen molar-refractivity contribution in [1.29, 1.82) is 5.41 Å². The van der Waals surface area contributed by atoms with Crippen LogP contribution in [0.4, 0.5) is 5.69 Å². The summed E-state index contributed by atoms with van der Waals surface area (Å²) in [6.45, 7) is 2.01. The number of thioether (sulfide) groups is 1. The lowest BCUT2D eigenvalue weighted by molar-refractivity contribution is -0.486. The van der Waals surface area contributed by atoms with Crippen LogP contribution < -0.4 is 11.2 Å². The molecule has 0 aliphatic carbocycles. The number of guanidine groups is 1. The van der Waals surface area contributed by atoms with Gasteiger partial charge in [0, 0.05) is 12.5 Å². The van der Waals surface area contributed by atoms with Crippen molar-refractivity contribution < 1.29 is 4.68 Å². The zero-order chi connectivity index (χ0) is 12.8. The second kappa shape index (κ2) is 6.51. The highest BCUT2D eigenvalue weighted by Gasteiger charge is 2.17. The van der Waals surface area contributed by atoms with E-state index in [1.165, 1.54) is 0 Å². The number of hydrogen-bond donors (Lipinski definition) is 3. The fourth-order valence-electron chi connectivity index (χ4n) is 1.41. The molecule has 1 aromatic carbocycles. The van der Waals surface area contributed by atoms with Crippen LogP contribution >= 0.6 is 23.4 Å². The molecule has 0 bridgehead atoms. The van der Waals surface area contributed by atoms with Crippen molar-refractivity contribution in [2.75, 3.05) is 6.26 Å². The van der Waals surface area contributed by atoms with E-state index in [0.29, 0.717) is 5.02 Å². The van der Waals surface area contributed by atoms with Crippen LogP contribution in [0, 0.1) is 5.41 Å². The molecular formula is C11H16ClN4S+. The maximum absolute atomic E-state index is 7.30. The fourth-order valence-corrected chi connectivity index (χ4v) is 2.45. The van der Waals surface area contributed by atoms with Gasteiger partial charge in [0.1, 0.15) is 4.90 Å². The molecule has 0 spiro atoms. The van der Waals surface area contributed by atoms with E-state index in [9.17, 15) is 0 Å². The lowest BCUT2D eigenvalue weighted by Gasteiger charge is -2.07. The van der Waals surface area contributed by atoms with Gasteiger partial charge in [0.05, 0.1) is 5.02 Å². The van der Waals surface area contributed by atoms with Crippen molar-refractivity contribution >= 4 is 41.2 Å². The topological polar surface area (TPSA) is 64.9 Å². The van der Waals surface area contributed by atoms with Crippen LogP contribution in [0.2, 0.25) is 5.02 Å². The molecule has 1 aromatic rings. The van der Waals surface area contributed by atoms with E-state index < -0.39 is 0 Å². The third-order valence-electron chi connectivity index (χ3n) is 2.02. The number of nitrogens with two attached hydrogens (primary N) is 1. The second-order valence-corrected chi connectivity index (χ2v) is 4.50. The Morgan fingerprint density at radius 1 is 1.65 bits per heavy atom. The van der Waals surface area contributed by atoms with Crippen molar-refractivity contribution in [2.45, 2.75) is 18.2 Å². The lowest BCUT2D eigenvalue weighted by Crippen LogP contribution is -2.37. The number of hydrazine groups is 1. The Morgan fingerprint density at radius 2 is 2.35 bits per heavy atom. The normalized spacial score (nSPS) is 11.4. The maximum atomic E-state index is 7.30. The minimum Gasteiger partial charge on any atom is -0.366 e. The number of hydrogen-bond acceptors (Lipinski definition) is 2. The Morgan fingerprint density at radius 3 is 2.88 bits per heavy atom. The molecular weight excluding hydrogens is 256 g/mol. The molecule has 0 saturated carbocycles. The van der Waals surface area contributed by atoms with Crippen molar-refractivity contribution in [3.8, 4) is 0 Å². The average molecular weight is 272 g/mol. The molecule has 0 atom stereocenters. The van der Waals surface area contributed by atoms with Crippen molar-refractivity contribution in [3.63, 3.8) is 0 Å². The zero-order valence-electron chi connectivity index (χ0n) is 9.83. The van der Waals surface area contributed by atoms with E-state index in [1.54, 1.807) is 16.4 Å². The molecule has 6 heteroatoms. The van der Waals surface area contributed by atoms with Gasteiger partial charge in [0.25, 0.3) is 0 Å². The smallest absolute Gasteiger partial charge is 0.250 e. The molecule has 0 heterocycles. The number of nitrogens with zero attached hydrogens (tertiary/aromatic N) is 1. The van der Waals surface area contributed by atoms with E-state index in [0.717, 1.165) is 17.0 Å². The summed E-state index contributed by atoms with van der Waals surface area (Å²) in [6.07, 6.45) is 4.69. The van der Waals surface area contributed by atoms with Crippen LogP contribution in [0.15, 0.2) is 23.1 Å². The van der Waals surface area contributed by atoms with E-state index >= 15 is 0 Å². The minimum absolute atomic E-state index is 0.110. The molecule has 0 aliphatic rings. The average Bonchev–Trinajstić information content (AvgIpc) is 2.27. The third-order valence-corrected chi connectivity index (χ3v) is 3.28. The minimum atomic E-state index is -0.110. The molecule has 4 nitrogen and oxygen atoms in total. The van der Waals surface area contributed by atoms with Gasteiger partial charge >= 0.3 is 0 Å². The predicted molar refractivity (Wildman–Crippen MR) is 74.6 cm³/mol. The van der Waals surface area contributed by atoms with Crippen LogP contribution in [0.25, 0.3) is 0 Å². The summed E-state index contributed by atoms with van der Waals surface area (Å²) in [4.78, 5) is 0.951. The summed E-state index contributed by atoms with van der Waals surface area (Å²) in [5.74, 6) is -0.110. The molecule has 0 aromatic heterocycles. The molecule has 0 saturated heterocycles. The molecule has 4 N–H and O–H groups in total. The van der Waals surface area contributed by atoms with Gasteiger partial charge in [0.15, 0.2) is 6.21 Å². The standard InChI is InChI=1S/C11H16ClN4S/c1-3-7-16(15-11(13)14)9-6-4-5-8(12)10(9)17-2/h4-7H,3H2,1-2H3,(H4,13,14,15)/q+1. The molecule has 0 unspecified atom stereocenters. The van der Waals surface area contributed by atoms with Crippen molar-refractivity contribution in [2.24, 2.45) is 5.73 Å². The number of hydrazone groups is 1. The van der Waals surface area contributed by atoms with Crippen LogP contribution in [0.3, 0.4) is 0 Å². The van der Waals surface area contributed by atoms with Gasteiger partial charge in [-0.05, 0) is 12.3 Å². The summed E-state index contributed by atoms with van der Waals surface area (Å²) < 4.78 is 1.72. The summed E-state index contributed by atoms with van der Waals surface area (Å²) in [7, 11) is 0. The molecule has 0 fully saturated rings. The summed E-state index contributed by atoms with van der Waals surface area (Å²) in [5.41, 5.74) is 9.02. The Hall–Kier alpha value is -1.20. The summed E-state index contributed by atoms with van der Waals surface area (Å²) in [6, 6.07) is 5.64. The SMILES string of the molecule is CCC=[N+](NC(=N)N)c1cccc(Cl)c1SC. The number of benzene rings is 1. The Balaban J connectivity index is 3.23. The first kappa shape index (κ1) is 13.9. The number of halogens is 1. The fraction of sp³-hybridized carbons (Fsp3) is 0.273. The first-order chi connectivity index (χ1) is 8.10. The highest BCUT2D eigenvalue weighted by Crippen LogP contribution is 2.33. The first-order valence-electron chi connectivity index (χ1n) is 5.15. The molecule has 17 heavy (non-hydrogen) atoms. The summed E-state index contributed by atoms with van der Waals surface area (Å²) in [5, 5.41) is 7.99. The summed E-state index contributed by atoms with van der Waals surface area (Å²) >= 11 is 7.69. The quantitative estimate of drug-likeness (QED) is 0.259. The van der Waals surface area contributed by atoms with E-state index in [1.807, 2.05) is 37.6 Å². The highest BCUT2D eigenvalue weighted by molar-refractivity contribution is 7.98. The predicted octanol–water partition coefficient (Wildman–Crippen LogP) is 2.58. The Labute approximate surface area is 110 Å². The highest BCUT2D eigenvalue weighted by atomic mass is 35.5. The van der Waals surface area contributed by atoms with Crippen LogP contribution in [0.1, 0.15) is 13.3 Å². The van der Waals surface area contributed by atoms with Crippen LogP contribution in [0.5, 0.6) is 0 Å². The third kappa shape index (κ3) is 3.64. The van der Waals surface area contributed by atoms with Crippen molar-refractivity contribution in [1.82, 2.24) is 5.43 Å². The second-order valence-electron chi connectivity index (χ2n) is 3.28. The van der Waals surface area contributed by atoms with Gasteiger partial charge in [-0.2, -0.15) is 0 Å². The Bertz CT molecular complexity index is 445. The van der Waals surface area contributed by atoms with E-state index in [4.69, 9.17) is 22.7 Å². The zero-order valence-corrected chi connectivity index (χ0v) is 11.4. The first-order valence-corrected chi connectivity index (χ1v) is 6.76. The number of rotatable bonds is 4. The molecule has 0 radical (unpaired) electrons. The molecule has 0 amide bonds. The molecule has 92 valence electrons. The molecule has 0 aliphatic heterocycles. The van der Waals surface area contributed by atoms with Crippen LogP contribution in [-0.2, 0) is 0 Å². The van der Waals surface area contributed by atoms with Gasteiger partial charge in [-0.1, -0.05) is 29.3 Å². The maximum Gasteiger partial charge on any atom is 0.250 e. The van der Waals surface area contributed by atoms with Gasteiger partial charge in [-0.25, -0.2) is 0 Å². The Kier molecular flexibility index (Phi) is 5.31. The van der Waals surface area contributed by atoms with Gasteiger partial charge in [-0.3, -0.25) is 5.41 Å².